The average molecular weight is 214 g/mol. The van der Waals surface area contributed by atoms with Crippen LogP contribution in [0.2, 0.25) is 0 Å². The molecule has 0 aromatic rings. The zero-order valence-corrected chi connectivity index (χ0v) is 10.3. The van der Waals surface area contributed by atoms with Gasteiger partial charge in [0.2, 0.25) is 0 Å². The highest BCUT2D eigenvalue weighted by Gasteiger charge is 2.17. The van der Waals surface area contributed by atoms with Crippen LogP contribution < -0.4 is 0 Å². The van der Waals surface area contributed by atoms with Crippen molar-refractivity contribution in [2.24, 2.45) is 0 Å². The second kappa shape index (κ2) is 6.62. The fourth-order valence-corrected chi connectivity index (χ4v) is 1.25. The lowest BCUT2D eigenvalue weighted by atomic mass is 10.0. The van der Waals surface area contributed by atoms with Gasteiger partial charge in [-0.05, 0) is 40.5 Å². The van der Waals surface area contributed by atoms with E-state index >= 15 is 0 Å². The highest BCUT2D eigenvalue weighted by Crippen LogP contribution is 2.16. The number of hydrogen-bond acceptors (Lipinski definition) is 3. The van der Waals surface area contributed by atoms with Crippen LogP contribution >= 0.6 is 0 Å². The lowest BCUT2D eigenvalue weighted by Gasteiger charge is -2.24. The van der Waals surface area contributed by atoms with Crippen LogP contribution in [0.25, 0.3) is 0 Å². The summed E-state index contributed by atoms with van der Waals surface area (Å²) in [5.41, 5.74) is 0.309. The summed E-state index contributed by atoms with van der Waals surface area (Å²) in [6, 6.07) is 0. The molecule has 88 valence electrons. The molecule has 0 aromatic heterocycles. The molecule has 0 atom stereocenters. The first-order valence-electron chi connectivity index (χ1n) is 5.35. The summed E-state index contributed by atoms with van der Waals surface area (Å²) < 4.78 is 10.5. The Balaban J connectivity index is 3.62. The topological polar surface area (TPSA) is 35.5 Å². The minimum Gasteiger partial charge on any atom is -0.462 e. The maximum absolute atomic E-state index is 11.0. The SMILES string of the molecule is C=C(C)C(=O)OCCCC(C)(C)OCC. The molecule has 0 heterocycles. The van der Waals surface area contributed by atoms with E-state index in [-0.39, 0.29) is 11.6 Å². The van der Waals surface area contributed by atoms with Crippen LogP contribution in [-0.2, 0) is 14.3 Å². The van der Waals surface area contributed by atoms with Crippen molar-refractivity contribution in [2.45, 2.75) is 46.1 Å². The van der Waals surface area contributed by atoms with Gasteiger partial charge in [0.15, 0.2) is 0 Å². The van der Waals surface area contributed by atoms with Gasteiger partial charge in [-0.25, -0.2) is 4.79 Å². The molecule has 0 rings (SSSR count). The predicted molar refractivity (Wildman–Crippen MR) is 60.7 cm³/mol. The molecule has 0 saturated carbocycles. The predicted octanol–water partition coefficient (Wildman–Crippen LogP) is 2.70. The minimum atomic E-state index is -0.316. The second-order valence-corrected chi connectivity index (χ2v) is 4.21. The van der Waals surface area contributed by atoms with E-state index in [0.29, 0.717) is 18.8 Å². The zero-order valence-electron chi connectivity index (χ0n) is 10.3. The molecule has 0 amide bonds. The Morgan fingerprint density at radius 3 is 2.47 bits per heavy atom. The minimum absolute atomic E-state index is 0.135. The Morgan fingerprint density at radius 2 is 2.00 bits per heavy atom. The first-order valence-corrected chi connectivity index (χ1v) is 5.35. The van der Waals surface area contributed by atoms with Gasteiger partial charge < -0.3 is 9.47 Å². The molecule has 0 aliphatic heterocycles. The van der Waals surface area contributed by atoms with Crippen molar-refractivity contribution in [3.63, 3.8) is 0 Å². The number of carbonyl (C=O) groups is 1. The number of ether oxygens (including phenoxy) is 2. The van der Waals surface area contributed by atoms with Crippen LogP contribution in [0.5, 0.6) is 0 Å². The Kier molecular flexibility index (Phi) is 6.25. The zero-order chi connectivity index (χ0) is 11.9. The van der Waals surface area contributed by atoms with Gasteiger partial charge in [0.25, 0.3) is 0 Å². The van der Waals surface area contributed by atoms with Gasteiger partial charge in [-0.3, -0.25) is 0 Å². The summed E-state index contributed by atoms with van der Waals surface area (Å²) in [4.78, 5) is 11.0. The molecule has 3 heteroatoms. The van der Waals surface area contributed by atoms with Gasteiger partial charge in [-0.1, -0.05) is 6.58 Å². The molecule has 0 bridgehead atoms. The molecule has 0 N–H and O–H groups in total. The summed E-state index contributed by atoms with van der Waals surface area (Å²) in [6.07, 6.45) is 1.69. The van der Waals surface area contributed by atoms with E-state index in [0.717, 1.165) is 12.8 Å². The van der Waals surface area contributed by atoms with E-state index in [1.54, 1.807) is 6.92 Å². The Morgan fingerprint density at radius 1 is 1.40 bits per heavy atom. The number of esters is 1. The third-order valence-electron chi connectivity index (χ3n) is 2.04. The fourth-order valence-electron chi connectivity index (χ4n) is 1.25. The Labute approximate surface area is 92.5 Å². The number of rotatable bonds is 7. The van der Waals surface area contributed by atoms with Crippen molar-refractivity contribution in [2.75, 3.05) is 13.2 Å². The molecule has 0 aromatic carbocycles. The summed E-state index contributed by atoms with van der Waals surface area (Å²) in [5, 5.41) is 0. The first kappa shape index (κ1) is 14.2. The van der Waals surface area contributed by atoms with Crippen molar-refractivity contribution < 1.29 is 14.3 Å². The summed E-state index contributed by atoms with van der Waals surface area (Å²) in [5.74, 6) is -0.316. The number of carbonyl (C=O) groups excluding carboxylic acids is 1. The largest absolute Gasteiger partial charge is 0.462 e. The second-order valence-electron chi connectivity index (χ2n) is 4.21. The van der Waals surface area contributed by atoms with Gasteiger partial charge in [0, 0.05) is 12.2 Å². The van der Waals surface area contributed by atoms with Gasteiger partial charge >= 0.3 is 5.97 Å². The van der Waals surface area contributed by atoms with Gasteiger partial charge in [0.05, 0.1) is 12.2 Å². The fraction of sp³-hybridized carbons (Fsp3) is 0.750. The molecule has 0 spiro atoms. The first-order chi connectivity index (χ1) is 6.89. The molecule has 3 nitrogen and oxygen atoms in total. The monoisotopic (exact) mass is 214 g/mol. The van der Waals surface area contributed by atoms with E-state index < -0.39 is 0 Å². The van der Waals surface area contributed by atoms with Crippen molar-refractivity contribution in [1.29, 1.82) is 0 Å². The van der Waals surface area contributed by atoms with E-state index in [4.69, 9.17) is 9.47 Å². The standard InChI is InChI=1S/C12H22O3/c1-6-15-12(4,5)8-7-9-14-11(13)10(2)3/h2,6-9H2,1,3-5H3. The van der Waals surface area contributed by atoms with E-state index in [1.165, 1.54) is 0 Å². The van der Waals surface area contributed by atoms with E-state index in [2.05, 4.69) is 6.58 Å². The molecule has 15 heavy (non-hydrogen) atoms. The van der Waals surface area contributed by atoms with Crippen LogP contribution in [0.4, 0.5) is 0 Å². The van der Waals surface area contributed by atoms with Crippen molar-refractivity contribution in [3.8, 4) is 0 Å². The summed E-state index contributed by atoms with van der Waals surface area (Å²) in [7, 11) is 0. The van der Waals surface area contributed by atoms with Crippen LogP contribution in [0.3, 0.4) is 0 Å². The molecule has 0 aliphatic carbocycles. The lowest BCUT2D eigenvalue weighted by molar-refractivity contribution is -0.139. The van der Waals surface area contributed by atoms with Gasteiger partial charge in [-0.2, -0.15) is 0 Å². The van der Waals surface area contributed by atoms with Crippen LogP contribution in [0, 0.1) is 0 Å². The number of hydrogen-bond donors (Lipinski definition) is 0. The summed E-state index contributed by atoms with van der Waals surface area (Å²) in [6.45, 7) is 12.4. The molecule has 0 aliphatic rings. The highest BCUT2D eigenvalue weighted by atomic mass is 16.5. The molecular weight excluding hydrogens is 192 g/mol. The maximum atomic E-state index is 11.0. The molecule has 0 fully saturated rings. The quantitative estimate of drug-likeness (QED) is 0.371. The Bertz CT molecular complexity index is 219. The highest BCUT2D eigenvalue weighted by molar-refractivity contribution is 5.86. The average Bonchev–Trinajstić information content (AvgIpc) is 2.11. The van der Waals surface area contributed by atoms with Crippen molar-refractivity contribution in [1.82, 2.24) is 0 Å². The van der Waals surface area contributed by atoms with Crippen molar-refractivity contribution >= 4 is 5.97 Å². The molecule has 0 unspecified atom stereocenters. The third-order valence-corrected chi connectivity index (χ3v) is 2.04. The maximum Gasteiger partial charge on any atom is 0.333 e. The molecule has 0 saturated heterocycles. The third kappa shape index (κ3) is 7.14. The normalized spacial score (nSPS) is 11.2. The molecule has 0 radical (unpaired) electrons. The van der Waals surface area contributed by atoms with E-state index in [1.807, 2.05) is 20.8 Å². The van der Waals surface area contributed by atoms with Crippen molar-refractivity contribution in [3.05, 3.63) is 12.2 Å². The van der Waals surface area contributed by atoms with Crippen LogP contribution in [0.1, 0.15) is 40.5 Å². The van der Waals surface area contributed by atoms with Crippen LogP contribution in [-0.4, -0.2) is 24.8 Å². The van der Waals surface area contributed by atoms with Gasteiger partial charge in [-0.15, -0.1) is 0 Å². The van der Waals surface area contributed by atoms with Gasteiger partial charge in [0.1, 0.15) is 0 Å². The lowest BCUT2D eigenvalue weighted by Crippen LogP contribution is -2.25. The smallest absolute Gasteiger partial charge is 0.333 e. The molecular formula is C12H22O3. The van der Waals surface area contributed by atoms with Crippen LogP contribution in [0.15, 0.2) is 12.2 Å². The Hall–Kier alpha value is -0.830. The van der Waals surface area contributed by atoms with E-state index in [9.17, 15) is 4.79 Å². The summed E-state index contributed by atoms with van der Waals surface area (Å²) >= 11 is 0.